The maximum absolute atomic E-state index is 12.4. The van der Waals surface area contributed by atoms with Crippen LogP contribution >= 0.6 is 0 Å². The molecule has 0 saturated carbocycles. The molecule has 0 radical (unpaired) electrons. The zero-order valence-corrected chi connectivity index (χ0v) is 59.7. The molecule has 0 aromatic carbocycles. The van der Waals surface area contributed by atoms with Gasteiger partial charge in [0.15, 0.2) is 18.3 Å². The van der Waals surface area contributed by atoms with E-state index in [4.69, 9.17) is 83.4 Å². The second-order valence-corrected chi connectivity index (χ2v) is 26.3. The number of ether oxygens (including phenoxy) is 13. The number of alkyl carbamates (subject to hydrolysis) is 1. The molecular formula is C62H98N2O32Si2. The van der Waals surface area contributed by atoms with Gasteiger partial charge in [-0.25, -0.2) is 43.3 Å². The molecule has 2 unspecified atom stereocenters. The first-order valence-electron chi connectivity index (χ1n) is 30.1. The van der Waals surface area contributed by atoms with E-state index in [-0.39, 0.29) is 94.5 Å². The SMILES string of the molecule is C=C(C)C(=O)OCC(COC(=O)C(=C)C)OC(=O)CCC(=O)OCC(O)COCCC[Si](OC)(OC)OC.C=CC(=O)OCCCN=C=O.C=CC(=O)OCCCNC(=O)OC(COCCC[Si](OC)(OC)OC)COC(=O)CCC(=O)OC(COC(=O)C(=C)C)COC(=O)C(=C)C. The van der Waals surface area contributed by atoms with Crippen molar-refractivity contribution in [1.29, 1.82) is 0 Å². The summed E-state index contributed by atoms with van der Waals surface area (Å²) in [4.78, 5) is 142. The minimum atomic E-state index is -2.81. The molecule has 1 amide bonds. The zero-order chi connectivity index (χ0) is 74.9. The molecule has 556 valence electrons. The molecule has 0 aliphatic carbocycles. The van der Waals surface area contributed by atoms with E-state index in [1.54, 1.807) is 0 Å². The summed E-state index contributed by atoms with van der Waals surface area (Å²) >= 11 is 0. The van der Waals surface area contributed by atoms with E-state index in [9.17, 15) is 62.6 Å². The van der Waals surface area contributed by atoms with E-state index in [2.05, 4.69) is 54.5 Å². The van der Waals surface area contributed by atoms with E-state index in [0.717, 1.165) is 12.2 Å². The molecular weight excluding hydrogens is 1340 g/mol. The fourth-order valence-corrected chi connectivity index (χ4v) is 9.80. The Morgan fingerprint density at radius 3 is 1.13 bits per heavy atom. The second-order valence-electron chi connectivity index (χ2n) is 20.1. The molecule has 0 fully saturated rings. The molecule has 0 rings (SSSR count). The van der Waals surface area contributed by atoms with Gasteiger partial charge in [0.2, 0.25) is 6.08 Å². The quantitative estimate of drug-likeness (QED) is 0.0167. The number of isocyanates is 1. The lowest BCUT2D eigenvalue weighted by Crippen LogP contribution is -2.42. The van der Waals surface area contributed by atoms with Crippen LogP contribution in [0.2, 0.25) is 12.1 Å². The van der Waals surface area contributed by atoms with Crippen LogP contribution in [0.15, 0.2) is 78.9 Å². The third-order valence-corrected chi connectivity index (χ3v) is 17.4. The average molecular weight is 1440 g/mol. The van der Waals surface area contributed by atoms with Crippen molar-refractivity contribution in [3.05, 3.63) is 73.9 Å². The first-order valence-corrected chi connectivity index (χ1v) is 34.0. The van der Waals surface area contributed by atoms with Gasteiger partial charge in [-0.2, -0.15) is 0 Å². The first-order chi connectivity index (χ1) is 46.4. The number of carbonyl (C=O) groups is 11. The summed E-state index contributed by atoms with van der Waals surface area (Å²) in [6.07, 6.45) is -1.31. The van der Waals surface area contributed by atoms with E-state index < -0.39 is 140 Å². The van der Waals surface area contributed by atoms with Crippen LogP contribution in [0.5, 0.6) is 0 Å². The number of nitrogens with one attached hydrogen (secondary N) is 1. The number of carbonyl (C=O) groups excluding carboxylic acids is 12. The Bertz CT molecular complexity index is 2510. The molecule has 2 N–H and O–H groups in total. The highest BCUT2D eigenvalue weighted by Crippen LogP contribution is 2.17. The monoisotopic (exact) mass is 1440 g/mol. The van der Waals surface area contributed by atoms with E-state index in [1.807, 2.05) is 0 Å². The summed E-state index contributed by atoms with van der Waals surface area (Å²) in [5.41, 5.74) is 0.485. The van der Waals surface area contributed by atoms with Crippen molar-refractivity contribution in [2.24, 2.45) is 4.99 Å². The van der Waals surface area contributed by atoms with Gasteiger partial charge in [0, 0.05) is 115 Å². The summed E-state index contributed by atoms with van der Waals surface area (Å²) < 4.78 is 98.2. The van der Waals surface area contributed by atoms with Crippen molar-refractivity contribution in [3.63, 3.8) is 0 Å². The molecule has 0 spiro atoms. The maximum atomic E-state index is 12.4. The molecule has 36 heteroatoms. The molecule has 98 heavy (non-hydrogen) atoms. The Hall–Kier alpha value is -8.14. The average Bonchev–Trinajstić information content (AvgIpc) is 1.05. The van der Waals surface area contributed by atoms with Crippen molar-refractivity contribution < 1.29 is 151 Å². The number of aliphatic imine (C=N–C) groups is 1. The molecule has 0 bridgehead atoms. The number of esters is 10. The Labute approximate surface area is 573 Å². The predicted octanol–water partition coefficient (Wildman–Crippen LogP) is 3.51. The van der Waals surface area contributed by atoms with Gasteiger partial charge in [0.05, 0.1) is 58.7 Å². The fourth-order valence-electron chi connectivity index (χ4n) is 6.42. The largest absolute Gasteiger partial charge is 0.500 e. The highest BCUT2D eigenvalue weighted by Gasteiger charge is 2.38. The summed E-state index contributed by atoms with van der Waals surface area (Å²) in [5.74, 6) is -7.18. The smallest absolute Gasteiger partial charge is 0.463 e. The summed E-state index contributed by atoms with van der Waals surface area (Å²) in [6, 6.07) is 0.989. The number of aliphatic hydroxyl groups excluding tert-OH is 1. The van der Waals surface area contributed by atoms with Crippen molar-refractivity contribution in [2.45, 2.75) is 116 Å². The van der Waals surface area contributed by atoms with Gasteiger partial charge in [-0.15, -0.1) is 0 Å². The molecule has 34 nitrogen and oxygen atoms in total. The number of amides is 1. The minimum Gasteiger partial charge on any atom is -0.463 e. The Kier molecular flexibility index (Phi) is 55.6. The highest BCUT2D eigenvalue weighted by molar-refractivity contribution is 6.60. The van der Waals surface area contributed by atoms with Crippen LogP contribution in [0.1, 0.15) is 79.1 Å². The number of hydrogen-bond donors (Lipinski definition) is 2. The van der Waals surface area contributed by atoms with Gasteiger partial charge in [0.1, 0.15) is 45.7 Å². The van der Waals surface area contributed by atoms with Crippen LogP contribution < -0.4 is 5.32 Å². The molecule has 0 heterocycles. The van der Waals surface area contributed by atoms with Crippen LogP contribution in [-0.4, -0.2) is 254 Å². The van der Waals surface area contributed by atoms with Gasteiger partial charge in [-0.3, -0.25) is 19.2 Å². The van der Waals surface area contributed by atoms with Crippen molar-refractivity contribution in [1.82, 2.24) is 5.32 Å². The van der Waals surface area contributed by atoms with Crippen LogP contribution in [-0.2, 0) is 141 Å². The number of rotatable bonds is 53. The molecule has 0 aromatic heterocycles. The van der Waals surface area contributed by atoms with E-state index in [1.165, 1.54) is 76.4 Å². The number of hydrogen-bond acceptors (Lipinski definition) is 33. The molecule has 0 aliphatic heterocycles. The summed E-state index contributed by atoms with van der Waals surface area (Å²) in [6.45, 7) is 24.8. The number of aliphatic hydroxyl groups is 1. The normalized spacial score (nSPS) is 11.3. The van der Waals surface area contributed by atoms with Crippen molar-refractivity contribution in [2.75, 3.05) is 135 Å². The van der Waals surface area contributed by atoms with Crippen LogP contribution in [0.25, 0.3) is 0 Å². The Balaban J connectivity index is -0.00000163. The second kappa shape index (κ2) is 57.9. The third-order valence-electron chi connectivity index (χ3n) is 11.7. The maximum Gasteiger partial charge on any atom is 0.500 e. The lowest BCUT2D eigenvalue weighted by atomic mass is 10.3. The van der Waals surface area contributed by atoms with Crippen molar-refractivity contribution in [3.8, 4) is 0 Å². The first kappa shape index (κ1) is 94.0. The topological polar surface area (TPSA) is 425 Å². The zero-order valence-electron chi connectivity index (χ0n) is 57.7. The van der Waals surface area contributed by atoms with Gasteiger partial charge in [-0.1, -0.05) is 39.5 Å². The predicted molar refractivity (Wildman–Crippen MR) is 346 cm³/mol. The molecule has 0 aliphatic rings. The Morgan fingerprint density at radius 2 is 0.776 bits per heavy atom. The summed E-state index contributed by atoms with van der Waals surface area (Å²) in [7, 11) is 3.51. The lowest BCUT2D eigenvalue weighted by molar-refractivity contribution is -0.165. The van der Waals surface area contributed by atoms with Crippen LogP contribution in [0.4, 0.5) is 4.79 Å². The lowest BCUT2D eigenvalue weighted by Gasteiger charge is -2.24. The Morgan fingerprint density at radius 1 is 0.439 bits per heavy atom. The number of nitrogens with zero attached hydrogens (tertiary/aromatic N) is 1. The van der Waals surface area contributed by atoms with E-state index in [0.29, 0.717) is 50.9 Å². The third kappa shape index (κ3) is 50.2. The van der Waals surface area contributed by atoms with Crippen LogP contribution in [0.3, 0.4) is 0 Å². The highest BCUT2D eigenvalue weighted by atomic mass is 28.4. The standard InChI is InChI=1S/C31H49NO16Si.C24H40O13Si.C7H9NO3/c1-9-26(33)43-16-10-14-32-31(38)48-24(18-42-15-11-17-49(39-6,40-7)41-8)19-44-27(34)12-13-28(35)47-25(20-45-29(36)22(2)3)21-46-30(37)23(4)5;1-17(2)23(28)35-15-20(16-36-24(29)18(3)4)37-22(27)10-9-21(26)34-14-19(25)13-33-11-8-12-38(30-5,31-6)32-7;1-2-7(10)11-5-3-4-8-6-9/h9,24-25H,1-2,4,10-21H2,3,5-8H3,(H,32,38);19-20,25H,1,3,8-16H2,2,4-7H3;2H,1,3-5H2. The molecule has 2 atom stereocenters. The van der Waals surface area contributed by atoms with Crippen molar-refractivity contribution >= 4 is 89.5 Å². The molecule has 0 saturated heterocycles. The molecule has 0 aromatic rings. The minimum absolute atomic E-state index is 0.0486. The van der Waals surface area contributed by atoms with Gasteiger partial charge >= 0.3 is 83.4 Å². The fraction of sp³-hybridized carbons (Fsp3) is 0.613. The van der Waals surface area contributed by atoms with E-state index >= 15 is 0 Å². The van der Waals surface area contributed by atoms with Gasteiger partial charge < -0.3 is 98.6 Å². The summed E-state index contributed by atoms with van der Waals surface area (Å²) in [5, 5.41) is 12.4. The van der Waals surface area contributed by atoms with Gasteiger partial charge in [0.25, 0.3) is 0 Å². The van der Waals surface area contributed by atoms with Gasteiger partial charge in [-0.05, 0) is 47.0 Å². The van der Waals surface area contributed by atoms with Crippen LogP contribution in [0, 0.1) is 0 Å².